The molecule has 26 heavy (non-hydrogen) atoms. The van der Waals surface area contributed by atoms with Gasteiger partial charge in [-0.05, 0) is 55.2 Å². The van der Waals surface area contributed by atoms with E-state index in [1.165, 1.54) is 11.9 Å². The third kappa shape index (κ3) is 3.06. The first-order chi connectivity index (χ1) is 12.6. The quantitative estimate of drug-likeness (QED) is 0.714. The average molecular weight is 367 g/mol. The lowest BCUT2D eigenvalue weighted by molar-refractivity contribution is 0.464. The zero-order valence-corrected chi connectivity index (χ0v) is 15.2. The predicted molar refractivity (Wildman–Crippen MR) is 104 cm³/mol. The van der Waals surface area contributed by atoms with Crippen LogP contribution in [0.2, 0.25) is 5.02 Å². The van der Waals surface area contributed by atoms with Crippen LogP contribution >= 0.6 is 11.6 Å². The van der Waals surface area contributed by atoms with Crippen LogP contribution in [0.1, 0.15) is 17.5 Å². The molecule has 0 saturated carbocycles. The monoisotopic (exact) mass is 366 g/mol. The molecule has 2 heterocycles. The van der Waals surface area contributed by atoms with Crippen LogP contribution in [0.25, 0.3) is 0 Å². The van der Waals surface area contributed by atoms with Gasteiger partial charge in [0.05, 0.1) is 0 Å². The lowest BCUT2D eigenvalue weighted by Gasteiger charge is -2.31. The van der Waals surface area contributed by atoms with Gasteiger partial charge >= 0.3 is 0 Å². The number of para-hydroxylation sites is 1. The standard InChI is InChI=1S/C20H19ClN4O/c1-13-11-15(8-9-16(13)21)26-20-18(22)19(23-12-24-20)25-10-4-6-14-5-2-3-7-17(14)25/h2-3,5,7-9,11-12H,4,6,10,22H2,1H3. The zero-order valence-electron chi connectivity index (χ0n) is 14.4. The first-order valence-electron chi connectivity index (χ1n) is 8.53. The van der Waals surface area contributed by atoms with Crippen molar-refractivity contribution in [1.82, 2.24) is 9.97 Å². The smallest absolute Gasteiger partial charge is 0.248 e. The van der Waals surface area contributed by atoms with Crippen LogP contribution < -0.4 is 15.4 Å². The van der Waals surface area contributed by atoms with E-state index in [1.54, 1.807) is 12.1 Å². The summed E-state index contributed by atoms with van der Waals surface area (Å²) in [4.78, 5) is 10.8. The molecular weight excluding hydrogens is 348 g/mol. The number of rotatable bonds is 3. The Morgan fingerprint density at radius 3 is 2.85 bits per heavy atom. The Morgan fingerprint density at radius 1 is 1.15 bits per heavy atom. The molecule has 0 unspecified atom stereocenters. The summed E-state index contributed by atoms with van der Waals surface area (Å²) in [6.07, 6.45) is 3.60. The molecule has 132 valence electrons. The molecule has 1 aromatic heterocycles. The lowest BCUT2D eigenvalue weighted by atomic mass is 10.0. The summed E-state index contributed by atoms with van der Waals surface area (Å²) in [5.74, 6) is 1.66. The van der Waals surface area contributed by atoms with Gasteiger partial charge in [0.15, 0.2) is 5.82 Å². The van der Waals surface area contributed by atoms with Crippen LogP contribution in [0.3, 0.4) is 0 Å². The van der Waals surface area contributed by atoms with Gasteiger partial charge in [-0.25, -0.2) is 4.98 Å². The SMILES string of the molecule is Cc1cc(Oc2ncnc(N3CCCc4ccccc43)c2N)ccc1Cl. The van der Waals surface area contributed by atoms with E-state index in [2.05, 4.69) is 33.1 Å². The van der Waals surface area contributed by atoms with Crippen molar-refractivity contribution in [1.29, 1.82) is 0 Å². The highest BCUT2D eigenvalue weighted by Crippen LogP contribution is 2.38. The molecule has 6 heteroatoms. The number of anilines is 3. The van der Waals surface area contributed by atoms with Crippen LogP contribution in [-0.4, -0.2) is 16.5 Å². The van der Waals surface area contributed by atoms with E-state index in [0.29, 0.717) is 28.2 Å². The number of aromatic nitrogens is 2. The molecular formula is C20H19ClN4O. The summed E-state index contributed by atoms with van der Waals surface area (Å²) in [5.41, 5.74) is 10.2. The van der Waals surface area contributed by atoms with Gasteiger partial charge < -0.3 is 15.4 Å². The van der Waals surface area contributed by atoms with Crippen molar-refractivity contribution in [2.45, 2.75) is 19.8 Å². The molecule has 4 rings (SSSR count). The summed E-state index contributed by atoms with van der Waals surface area (Å²) in [6.45, 7) is 2.78. The van der Waals surface area contributed by atoms with Gasteiger partial charge in [-0.3, -0.25) is 0 Å². The van der Waals surface area contributed by atoms with Crippen LogP contribution in [0.4, 0.5) is 17.2 Å². The Hall–Kier alpha value is -2.79. The normalized spacial score (nSPS) is 13.4. The van der Waals surface area contributed by atoms with Crippen LogP contribution in [0, 0.1) is 6.92 Å². The Bertz CT molecular complexity index is 960. The third-order valence-corrected chi connectivity index (χ3v) is 4.96. The molecule has 0 fully saturated rings. The van der Waals surface area contributed by atoms with Crippen molar-refractivity contribution in [2.24, 2.45) is 0 Å². The number of nitrogens with zero attached hydrogens (tertiary/aromatic N) is 3. The Labute approximate surface area is 157 Å². The van der Waals surface area contributed by atoms with E-state index < -0.39 is 0 Å². The maximum Gasteiger partial charge on any atom is 0.248 e. The third-order valence-electron chi connectivity index (χ3n) is 4.54. The van der Waals surface area contributed by atoms with E-state index in [0.717, 1.165) is 30.6 Å². The number of nitrogens with two attached hydrogens (primary N) is 1. The van der Waals surface area contributed by atoms with E-state index >= 15 is 0 Å². The van der Waals surface area contributed by atoms with E-state index in [-0.39, 0.29) is 0 Å². The molecule has 0 radical (unpaired) electrons. The first-order valence-corrected chi connectivity index (χ1v) is 8.91. The van der Waals surface area contributed by atoms with Gasteiger partial charge in [0.2, 0.25) is 5.88 Å². The Kier molecular flexibility index (Phi) is 4.39. The average Bonchev–Trinajstić information content (AvgIpc) is 2.66. The molecule has 1 aliphatic heterocycles. The first kappa shape index (κ1) is 16.7. The largest absolute Gasteiger partial charge is 0.437 e. The zero-order chi connectivity index (χ0) is 18.1. The number of benzene rings is 2. The molecule has 0 bridgehead atoms. The number of ether oxygens (including phenoxy) is 1. The number of halogens is 1. The van der Waals surface area contributed by atoms with Gasteiger partial charge in [-0.15, -0.1) is 0 Å². The minimum atomic E-state index is 0.347. The second-order valence-electron chi connectivity index (χ2n) is 6.31. The highest BCUT2D eigenvalue weighted by molar-refractivity contribution is 6.31. The summed E-state index contributed by atoms with van der Waals surface area (Å²) in [5, 5.41) is 0.693. The van der Waals surface area contributed by atoms with Crippen LogP contribution in [0.5, 0.6) is 11.6 Å². The molecule has 5 nitrogen and oxygen atoms in total. The molecule has 2 N–H and O–H groups in total. The summed E-state index contributed by atoms with van der Waals surface area (Å²) < 4.78 is 5.90. The molecule has 2 aromatic carbocycles. The van der Waals surface area contributed by atoms with Gasteiger partial charge in [-0.1, -0.05) is 29.8 Å². The minimum Gasteiger partial charge on any atom is -0.437 e. The van der Waals surface area contributed by atoms with Gasteiger partial charge in [0, 0.05) is 17.3 Å². The number of hydrogen-bond acceptors (Lipinski definition) is 5. The number of aryl methyl sites for hydroxylation is 2. The van der Waals surface area contributed by atoms with Crippen molar-refractivity contribution < 1.29 is 4.74 Å². The molecule has 0 amide bonds. The topological polar surface area (TPSA) is 64.3 Å². The fraction of sp³-hybridized carbons (Fsp3) is 0.200. The highest BCUT2D eigenvalue weighted by atomic mass is 35.5. The van der Waals surface area contributed by atoms with Crippen molar-refractivity contribution >= 4 is 28.8 Å². The fourth-order valence-corrected chi connectivity index (χ4v) is 3.33. The fourth-order valence-electron chi connectivity index (χ4n) is 3.21. The van der Waals surface area contributed by atoms with Crippen LogP contribution in [0.15, 0.2) is 48.8 Å². The van der Waals surface area contributed by atoms with Crippen molar-refractivity contribution in [3.05, 3.63) is 64.9 Å². The second-order valence-corrected chi connectivity index (χ2v) is 6.72. The molecule has 0 saturated heterocycles. The Balaban J connectivity index is 1.70. The van der Waals surface area contributed by atoms with E-state index in [1.807, 2.05) is 19.1 Å². The van der Waals surface area contributed by atoms with Gasteiger partial charge in [0.1, 0.15) is 17.8 Å². The summed E-state index contributed by atoms with van der Waals surface area (Å²) in [6, 6.07) is 13.8. The van der Waals surface area contributed by atoms with Crippen molar-refractivity contribution in [3.63, 3.8) is 0 Å². The molecule has 0 atom stereocenters. The van der Waals surface area contributed by atoms with E-state index in [9.17, 15) is 0 Å². The van der Waals surface area contributed by atoms with Gasteiger partial charge in [0.25, 0.3) is 0 Å². The summed E-state index contributed by atoms with van der Waals surface area (Å²) >= 11 is 6.08. The lowest BCUT2D eigenvalue weighted by Crippen LogP contribution is -2.26. The van der Waals surface area contributed by atoms with Crippen molar-refractivity contribution in [2.75, 3.05) is 17.2 Å². The number of nitrogen functional groups attached to an aromatic ring is 1. The highest BCUT2D eigenvalue weighted by Gasteiger charge is 2.22. The molecule has 0 spiro atoms. The number of hydrogen-bond donors (Lipinski definition) is 1. The van der Waals surface area contributed by atoms with Crippen molar-refractivity contribution in [3.8, 4) is 11.6 Å². The molecule has 3 aromatic rings. The van der Waals surface area contributed by atoms with Gasteiger partial charge in [-0.2, -0.15) is 4.98 Å². The maximum absolute atomic E-state index is 6.37. The number of fused-ring (bicyclic) bond motifs is 1. The molecule has 0 aliphatic carbocycles. The Morgan fingerprint density at radius 2 is 2.00 bits per heavy atom. The minimum absolute atomic E-state index is 0.347. The summed E-state index contributed by atoms with van der Waals surface area (Å²) in [7, 11) is 0. The molecule has 1 aliphatic rings. The van der Waals surface area contributed by atoms with E-state index in [4.69, 9.17) is 22.1 Å². The predicted octanol–water partition coefficient (Wildman–Crippen LogP) is 4.90. The maximum atomic E-state index is 6.37. The van der Waals surface area contributed by atoms with Crippen LogP contribution in [-0.2, 0) is 6.42 Å². The second kappa shape index (κ2) is 6.84.